The molecule has 80 valence electrons. The molecule has 0 N–H and O–H groups in total. The van der Waals surface area contributed by atoms with Crippen molar-refractivity contribution in [3.63, 3.8) is 0 Å². The van der Waals surface area contributed by atoms with Crippen LogP contribution in [0.3, 0.4) is 0 Å². The lowest BCUT2D eigenvalue weighted by Gasteiger charge is -2.21. The van der Waals surface area contributed by atoms with Gasteiger partial charge in [0.2, 0.25) is 0 Å². The van der Waals surface area contributed by atoms with E-state index >= 15 is 0 Å². The van der Waals surface area contributed by atoms with Crippen LogP contribution in [-0.4, -0.2) is 18.0 Å². The van der Waals surface area contributed by atoms with Crippen LogP contribution in [0.5, 0.6) is 0 Å². The minimum atomic E-state index is -0.348. The predicted octanol–water partition coefficient (Wildman–Crippen LogP) is 2.57. The minimum absolute atomic E-state index is 0.348. The maximum absolute atomic E-state index is 6.04. The summed E-state index contributed by atoms with van der Waals surface area (Å²) in [5, 5.41) is 0. The second-order valence-electron chi connectivity index (χ2n) is 5.91. The van der Waals surface area contributed by atoms with Gasteiger partial charge in [-0.2, -0.15) is 0 Å². The van der Waals surface area contributed by atoms with E-state index in [0.29, 0.717) is 17.6 Å². The van der Waals surface area contributed by atoms with Crippen LogP contribution in [0.4, 0.5) is 0 Å². The average Bonchev–Trinajstić information content (AvgIpc) is 2.55. The summed E-state index contributed by atoms with van der Waals surface area (Å²) in [6.45, 7) is 8.73. The highest BCUT2D eigenvalue weighted by atomic mass is 16.8. The van der Waals surface area contributed by atoms with Gasteiger partial charge >= 0.3 is 0 Å². The molecule has 2 aliphatic carbocycles. The summed E-state index contributed by atoms with van der Waals surface area (Å²) in [5.41, 5.74) is 0.444. The molecule has 0 spiro atoms. The van der Waals surface area contributed by atoms with Gasteiger partial charge in [-0.25, -0.2) is 0 Å². The van der Waals surface area contributed by atoms with Crippen molar-refractivity contribution in [3.8, 4) is 0 Å². The Balaban J connectivity index is 1.90. The van der Waals surface area contributed by atoms with Gasteiger partial charge in [-0.1, -0.05) is 20.3 Å². The van der Waals surface area contributed by atoms with E-state index in [1.54, 1.807) is 0 Å². The molecule has 3 rings (SSSR count). The van der Waals surface area contributed by atoms with Crippen molar-refractivity contribution < 1.29 is 9.47 Å². The highest BCUT2D eigenvalue weighted by Crippen LogP contribution is 2.70. The summed E-state index contributed by atoms with van der Waals surface area (Å²) in [6.07, 6.45) is 3.33. The fourth-order valence-electron chi connectivity index (χ4n) is 3.74. The van der Waals surface area contributed by atoms with Gasteiger partial charge in [0.05, 0.1) is 12.2 Å². The van der Waals surface area contributed by atoms with Gasteiger partial charge < -0.3 is 9.47 Å². The van der Waals surface area contributed by atoms with Crippen molar-refractivity contribution in [1.82, 2.24) is 0 Å². The molecule has 0 aromatic carbocycles. The maximum atomic E-state index is 6.04. The second-order valence-corrected chi connectivity index (χ2v) is 5.91. The Hall–Kier alpha value is -0.0800. The fraction of sp³-hybridized carbons (Fsp3) is 1.00. The molecule has 1 aliphatic heterocycles. The number of ether oxygens (including phenoxy) is 2. The van der Waals surface area contributed by atoms with E-state index in [1.807, 2.05) is 13.8 Å². The Bertz CT molecular complexity index is 273. The molecule has 3 aliphatic rings. The molecular weight excluding hydrogens is 176 g/mol. The van der Waals surface area contributed by atoms with Gasteiger partial charge in [0.1, 0.15) is 0 Å². The monoisotopic (exact) mass is 196 g/mol. The van der Waals surface area contributed by atoms with Crippen LogP contribution in [0, 0.1) is 17.3 Å². The summed E-state index contributed by atoms with van der Waals surface area (Å²) >= 11 is 0. The number of fused-ring (bicyclic) bond motifs is 3. The van der Waals surface area contributed by atoms with Gasteiger partial charge in [-0.3, -0.25) is 0 Å². The summed E-state index contributed by atoms with van der Waals surface area (Å²) in [5.74, 6) is 1.27. The van der Waals surface area contributed by atoms with E-state index in [1.165, 1.54) is 12.8 Å². The summed E-state index contributed by atoms with van der Waals surface area (Å²) in [6, 6.07) is 0. The minimum Gasteiger partial charge on any atom is -0.344 e. The van der Waals surface area contributed by atoms with E-state index in [2.05, 4.69) is 13.8 Å². The van der Waals surface area contributed by atoms with Gasteiger partial charge in [-0.15, -0.1) is 0 Å². The third kappa shape index (κ3) is 0.938. The normalized spacial score (nSPS) is 58.3. The number of hydrogen-bond acceptors (Lipinski definition) is 2. The van der Waals surface area contributed by atoms with Crippen LogP contribution >= 0.6 is 0 Å². The second kappa shape index (κ2) is 2.35. The highest BCUT2D eigenvalue weighted by molar-refractivity contribution is 5.19. The highest BCUT2D eigenvalue weighted by Gasteiger charge is 2.72. The molecular formula is C12H20O2. The molecule has 5 atom stereocenters. The van der Waals surface area contributed by atoms with Crippen LogP contribution in [0.2, 0.25) is 0 Å². The van der Waals surface area contributed by atoms with Gasteiger partial charge in [0.25, 0.3) is 0 Å². The molecule has 0 radical (unpaired) electrons. The molecule has 0 bridgehead atoms. The summed E-state index contributed by atoms with van der Waals surface area (Å²) in [4.78, 5) is 0. The summed E-state index contributed by atoms with van der Waals surface area (Å²) < 4.78 is 12.1. The van der Waals surface area contributed by atoms with Gasteiger partial charge in [0, 0.05) is 0 Å². The molecule has 2 heteroatoms. The molecule has 1 heterocycles. The Kier molecular flexibility index (Phi) is 1.54. The molecule has 2 nitrogen and oxygen atoms in total. The SMILES string of the molecule is CC[C@@H]1[C@H]2OC(C)(C)O[C@H]2[C@@]2(C)C[C@@H]12. The predicted molar refractivity (Wildman–Crippen MR) is 53.8 cm³/mol. The third-order valence-corrected chi connectivity index (χ3v) is 4.54. The lowest BCUT2D eigenvalue weighted by atomic mass is 9.96. The molecule has 0 amide bonds. The van der Waals surface area contributed by atoms with Crippen molar-refractivity contribution in [1.29, 1.82) is 0 Å². The first-order valence-electron chi connectivity index (χ1n) is 5.83. The Morgan fingerprint density at radius 2 is 1.93 bits per heavy atom. The van der Waals surface area contributed by atoms with Crippen LogP contribution in [0.25, 0.3) is 0 Å². The smallest absolute Gasteiger partial charge is 0.163 e. The van der Waals surface area contributed by atoms with E-state index in [9.17, 15) is 0 Å². The first kappa shape index (κ1) is 9.17. The molecule has 14 heavy (non-hydrogen) atoms. The lowest BCUT2D eigenvalue weighted by molar-refractivity contribution is -0.161. The maximum Gasteiger partial charge on any atom is 0.163 e. The lowest BCUT2D eigenvalue weighted by Crippen LogP contribution is -2.29. The van der Waals surface area contributed by atoms with Crippen LogP contribution < -0.4 is 0 Å². The molecule has 1 saturated heterocycles. The van der Waals surface area contributed by atoms with Crippen LogP contribution in [0.15, 0.2) is 0 Å². The quantitative estimate of drug-likeness (QED) is 0.641. The van der Waals surface area contributed by atoms with Crippen molar-refractivity contribution in [2.75, 3.05) is 0 Å². The van der Waals surface area contributed by atoms with Crippen molar-refractivity contribution in [2.24, 2.45) is 17.3 Å². The van der Waals surface area contributed by atoms with E-state index in [4.69, 9.17) is 9.47 Å². The fourth-order valence-corrected chi connectivity index (χ4v) is 3.74. The van der Waals surface area contributed by atoms with Crippen molar-refractivity contribution in [2.45, 2.75) is 58.5 Å². The standard InChI is InChI=1S/C12H20O2/c1-5-7-8-6-12(8,4)10-9(7)13-11(2,3)14-10/h7-10H,5-6H2,1-4H3/t7-,8-,9+,10+,12-/m0/s1. The topological polar surface area (TPSA) is 18.5 Å². The largest absolute Gasteiger partial charge is 0.344 e. The van der Waals surface area contributed by atoms with Crippen LogP contribution in [0.1, 0.15) is 40.5 Å². The third-order valence-electron chi connectivity index (χ3n) is 4.54. The zero-order valence-electron chi connectivity index (χ0n) is 9.54. The average molecular weight is 196 g/mol. The molecule has 2 saturated carbocycles. The van der Waals surface area contributed by atoms with E-state index in [0.717, 1.165) is 11.8 Å². The molecule has 0 unspecified atom stereocenters. The number of hydrogen-bond donors (Lipinski definition) is 0. The zero-order valence-corrected chi connectivity index (χ0v) is 9.54. The summed E-state index contributed by atoms with van der Waals surface area (Å²) in [7, 11) is 0. The van der Waals surface area contributed by atoms with Gasteiger partial charge in [-0.05, 0) is 37.5 Å². The first-order chi connectivity index (χ1) is 6.48. The van der Waals surface area contributed by atoms with Crippen LogP contribution in [-0.2, 0) is 9.47 Å². The first-order valence-corrected chi connectivity index (χ1v) is 5.83. The van der Waals surface area contributed by atoms with Crippen molar-refractivity contribution >= 4 is 0 Å². The molecule has 0 aromatic rings. The number of rotatable bonds is 1. The Morgan fingerprint density at radius 1 is 1.21 bits per heavy atom. The zero-order chi connectivity index (χ0) is 10.1. The van der Waals surface area contributed by atoms with E-state index < -0.39 is 0 Å². The molecule has 0 aromatic heterocycles. The molecule has 3 fully saturated rings. The van der Waals surface area contributed by atoms with Gasteiger partial charge in [0.15, 0.2) is 5.79 Å². The Morgan fingerprint density at radius 3 is 2.57 bits per heavy atom. The Labute approximate surface area is 86.0 Å². The van der Waals surface area contributed by atoms with Crippen molar-refractivity contribution in [3.05, 3.63) is 0 Å². The van der Waals surface area contributed by atoms with E-state index in [-0.39, 0.29) is 5.79 Å².